The molecule has 0 aliphatic carbocycles. The number of aromatic nitrogens is 1. The van der Waals surface area contributed by atoms with Crippen LogP contribution in [0, 0.1) is 6.92 Å². The Morgan fingerprint density at radius 1 is 1.10 bits per heavy atom. The molecule has 6 nitrogen and oxygen atoms in total. The zero-order valence-corrected chi connectivity index (χ0v) is 19.3. The average Bonchev–Trinajstić information content (AvgIpc) is 2.96. The number of hydrogen-bond acceptors (Lipinski definition) is 4. The molecule has 1 aromatic heterocycles. The highest BCUT2D eigenvalue weighted by Gasteiger charge is 2.28. The highest BCUT2D eigenvalue weighted by atomic mass is 35.5. The van der Waals surface area contributed by atoms with Gasteiger partial charge < -0.3 is 9.67 Å². The number of halogens is 1. The van der Waals surface area contributed by atoms with Gasteiger partial charge in [-0.25, -0.2) is 4.79 Å². The Kier molecular flexibility index (Phi) is 6.77. The first-order chi connectivity index (χ1) is 14.7. The summed E-state index contributed by atoms with van der Waals surface area (Å²) in [6.45, 7) is 6.35. The van der Waals surface area contributed by atoms with Crippen molar-refractivity contribution in [2.24, 2.45) is 0 Å². The summed E-state index contributed by atoms with van der Waals surface area (Å²) in [4.78, 5) is 39.4. The van der Waals surface area contributed by atoms with Gasteiger partial charge in [0.05, 0.1) is 11.2 Å². The summed E-state index contributed by atoms with van der Waals surface area (Å²) in [5.41, 5.74) is 1.85. The number of fused-ring (bicyclic) bond motifs is 1. The van der Waals surface area contributed by atoms with Crippen LogP contribution in [0.3, 0.4) is 0 Å². The average molecular weight is 459 g/mol. The van der Waals surface area contributed by atoms with Crippen LogP contribution in [0.5, 0.6) is 0 Å². The maximum absolute atomic E-state index is 12.3. The molecule has 2 aromatic carbocycles. The number of carbonyl (C=O) groups excluding carboxylic acids is 2. The fourth-order valence-electron chi connectivity index (χ4n) is 3.79. The molecule has 1 unspecified atom stereocenters. The van der Waals surface area contributed by atoms with Crippen molar-refractivity contribution >= 4 is 57.7 Å². The smallest absolute Gasteiger partial charge is 0.326 e. The van der Waals surface area contributed by atoms with Crippen LogP contribution in [0.15, 0.2) is 52.3 Å². The predicted octanol–water partition coefficient (Wildman–Crippen LogP) is 5.69. The first-order valence-electron chi connectivity index (χ1n) is 9.78. The molecule has 3 rings (SSSR count). The van der Waals surface area contributed by atoms with Crippen molar-refractivity contribution in [3.63, 3.8) is 0 Å². The topological polar surface area (TPSA) is 79.6 Å². The molecule has 1 atom stereocenters. The van der Waals surface area contributed by atoms with Crippen molar-refractivity contribution in [2.75, 3.05) is 4.90 Å². The molecule has 31 heavy (non-hydrogen) atoms. The molecule has 0 saturated heterocycles. The van der Waals surface area contributed by atoms with Crippen LogP contribution in [0.25, 0.3) is 10.9 Å². The van der Waals surface area contributed by atoms with Crippen LogP contribution in [0.4, 0.5) is 5.69 Å². The van der Waals surface area contributed by atoms with Crippen molar-refractivity contribution in [3.05, 3.63) is 53.2 Å². The van der Waals surface area contributed by atoms with Gasteiger partial charge in [0.15, 0.2) is 0 Å². The van der Waals surface area contributed by atoms with Crippen LogP contribution in [-0.2, 0) is 14.4 Å². The molecule has 162 valence electrons. The van der Waals surface area contributed by atoms with Crippen LogP contribution in [-0.4, -0.2) is 27.5 Å². The molecule has 0 fully saturated rings. The van der Waals surface area contributed by atoms with Gasteiger partial charge in [-0.1, -0.05) is 36.4 Å². The van der Waals surface area contributed by atoms with Gasteiger partial charge in [-0.2, -0.15) is 0 Å². The minimum absolute atomic E-state index is 0.387. The van der Waals surface area contributed by atoms with Crippen LogP contribution >= 0.6 is 23.4 Å². The minimum atomic E-state index is -0.939. The number of imide groups is 1. The third-order valence-electron chi connectivity index (χ3n) is 5.08. The molecule has 2 amide bonds. The molecule has 0 spiro atoms. The summed E-state index contributed by atoms with van der Waals surface area (Å²) >= 11 is 7.46. The molecule has 1 N–H and O–H groups in total. The molecule has 8 heteroatoms. The minimum Gasteiger partial charge on any atom is -0.480 e. The second-order valence-corrected chi connectivity index (χ2v) is 8.67. The van der Waals surface area contributed by atoms with Crippen molar-refractivity contribution < 1.29 is 19.5 Å². The molecule has 0 radical (unpaired) electrons. The number of amides is 2. The zero-order valence-electron chi connectivity index (χ0n) is 17.7. The number of anilines is 1. The Balaban J connectivity index is 2.37. The number of nitrogens with zero attached hydrogens (tertiary/aromatic N) is 2. The van der Waals surface area contributed by atoms with Crippen molar-refractivity contribution in [1.29, 1.82) is 0 Å². The number of carboxylic acid groups (broad SMARTS) is 1. The van der Waals surface area contributed by atoms with Crippen molar-refractivity contribution in [3.8, 4) is 0 Å². The first-order valence-corrected chi connectivity index (χ1v) is 11.0. The van der Waals surface area contributed by atoms with Gasteiger partial charge in [-0.3, -0.25) is 14.5 Å². The third kappa shape index (κ3) is 4.34. The Morgan fingerprint density at radius 3 is 2.23 bits per heavy atom. The summed E-state index contributed by atoms with van der Waals surface area (Å²) in [5.74, 6) is -1.75. The van der Waals surface area contributed by atoms with Gasteiger partial charge in [0.25, 0.3) is 0 Å². The maximum Gasteiger partial charge on any atom is 0.326 e. The highest BCUT2D eigenvalue weighted by Crippen LogP contribution is 2.44. The molecular weight excluding hydrogens is 436 g/mol. The summed E-state index contributed by atoms with van der Waals surface area (Å²) < 4.78 is 1.78. The normalized spacial score (nSPS) is 12.0. The quantitative estimate of drug-likeness (QED) is 0.513. The van der Waals surface area contributed by atoms with E-state index in [0.29, 0.717) is 28.0 Å². The summed E-state index contributed by atoms with van der Waals surface area (Å²) in [7, 11) is 0. The third-order valence-corrected chi connectivity index (χ3v) is 6.55. The Bertz CT molecular complexity index is 1160. The van der Waals surface area contributed by atoms with E-state index in [2.05, 4.69) is 0 Å². The first kappa shape index (κ1) is 22.9. The van der Waals surface area contributed by atoms with E-state index in [1.807, 2.05) is 32.0 Å². The monoisotopic (exact) mass is 458 g/mol. The molecule has 3 aromatic rings. The zero-order chi connectivity index (χ0) is 22.9. The second kappa shape index (κ2) is 9.16. The largest absolute Gasteiger partial charge is 0.480 e. The van der Waals surface area contributed by atoms with Gasteiger partial charge in [0, 0.05) is 39.7 Å². The molecular formula is C23H23ClN2O4S. The van der Waals surface area contributed by atoms with Crippen LogP contribution in [0.2, 0.25) is 5.02 Å². The number of hydrogen-bond donors (Lipinski definition) is 1. The lowest BCUT2D eigenvalue weighted by atomic mass is 10.1. The SMILES string of the molecule is CCC(C(=O)O)n1c(C)c(Sc2ccc(Cl)cc2)c2c(N(C(C)=O)C(C)=O)cccc21. The lowest BCUT2D eigenvalue weighted by molar-refractivity contribution is -0.141. The summed E-state index contributed by atoms with van der Waals surface area (Å²) in [6.07, 6.45) is 0.387. The fourth-order valence-corrected chi connectivity index (χ4v) is 4.99. The van der Waals surface area contributed by atoms with Crippen molar-refractivity contribution in [1.82, 2.24) is 4.57 Å². The van der Waals surface area contributed by atoms with E-state index in [0.717, 1.165) is 20.4 Å². The fraction of sp³-hybridized carbons (Fsp3) is 0.261. The van der Waals surface area contributed by atoms with E-state index in [1.165, 1.54) is 25.6 Å². The molecule has 0 aliphatic heterocycles. The second-order valence-electron chi connectivity index (χ2n) is 7.15. The van der Waals surface area contributed by atoms with E-state index in [9.17, 15) is 19.5 Å². The van der Waals surface area contributed by atoms with Crippen LogP contribution < -0.4 is 4.90 Å². The Labute approximate surface area is 189 Å². The molecule has 1 heterocycles. The number of rotatable bonds is 6. The Hall–Kier alpha value is -2.77. The van der Waals surface area contributed by atoms with E-state index < -0.39 is 23.8 Å². The lowest BCUT2D eigenvalue weighted by Crippen LogP contribution is -2.33. The van der Waals surface area contributed by atoms with Gasteiger partial charge in [-0.15, -0.1) is 0 Å². The Morgan fingerprint density at radius 2 is 1.71 bits per heavy atom. The molecule has 0 bridgehead atoms. The van der Waals surface area contributed by atoms with E-state index in [-0.39, 0.29) is 0 Å². The number of aliphatic carboxylic acids is 1. The van der Waals surface area contributed by atoms with Gasteiger partial charge in [0.2, 0.25) is 11.8 Å². The highest BCUT2D eigenvalue weighted by molar-refractivity contribution is 7.99. The van der Waals surface area contributed by atoms with E-state index >= 15 is 0 Å². The van der Waals surface area contributed by atoms with Crippen LogP contribution in [0.1, 0.15) is 38.9 Å². The summed E-state index contributed by atoms with van der Waals surface area (Å²) in [6, 6.07) is 11.8. The predicted molar refractivity (Wildman–Crippen MR) is 123 cm³/mol. The molecule has 0 aliphatic rings. The number of carboxylic acids is 1. The maximum atomic E-state index is 12.3. The lowest BCUT2D eigenvalue weighted by Gasteiger charge is -2.19. The van der Waals surface area contributed by atoms with E-state index in [4.69, 9.17) is 11.6 Å². The standard InChI is InChI=1S/C23H23ClN2O4S/c1-5-18(23(29)30)25-13(2)22(31-17-11-9-16(24)10-12-17)21-19(25)7-6-8-20(21)26(14(3)27)15(4)28/h6-12,18H,5H2,1-4H3,(H,29,30). The van der Waals surface area contributed by atoms with E-state index in [1.54, 1.807) is 28.8 Å². The van der Waals surface area contributed by atoms with Gasteiger partial charge in [0.1, 0.15) is 6.04 Å². The van der Waals surface area contributed by atoms with Gasteiger partial charge >= 0.3 is 5.97 Å². The van der Waals surface area contributed by atoms with Gasteiger partial charge in [-0.05, 0) is 49.7 Å². The summed E-state index contributed by atoms with van der Waals surface area (Å²) in [5, 5.41) is 11.1. The molecule has 0 saturated carbocycles. The number of carbonyl (C=O) groups is 3. The number of benzene rings is 2. The van der Waals surface area contributed by atoms with Crippen molar-refractivity contribution in [2.45, 2.75) is 49.9 Å².